The summed E-state index contributed by atoms with van der Waals surface area (Å²) in [5.41, 5.74) is 0.785. The van der Waals surface area contributed by atoms with Gasteiger partial charge in [-0.15, -0.1) is 0 Å². The Labute approximate surface area is 205 Å². The second-order valence-electron chi connectivity index (χ2n) is 7.65. The second-order valence-corrected chi connectivity index (χ2v) is 7.65. The predicted molar refractivity (Wildman–Crippen MR) is 129 cm³/mol. The minimum atomic E-state index is -0.638. The van der Waals surface area contributed by atoms with Crippen molar-refractivity contribution in [1.29, 1.82) is 0 Å². The van der Waals surface area contributed by atoms with Crippen LogP contribution >= 0.6 is 0 Å². The molecule has 0 unspecified atom stereocenters. The number of benzene rings is 3. The van der Waals surface area contributed by atoms with Crippen LogP contribution in [-0.4, -0.2) is 47.7 Å². The molecule has 0 spiro atoms. The van der Waals surface area contributed by atoms with Gasteiger partial charge >= 0.3 is 0 Å². The van der Waals surface area contributed by atoms with Crippen molar-refractivity contribution in [2.24, 2.45) is 0 Å². The molecule has 0 atom stereocenters. The highest BCUT2D eigenvalue weighted by Crippen LogP contribution is 2.17. The average Bonchev–Trinajstić information content (AvgIpc) is 2.88. The monoisotopic (exact) mass is 494 g/mol. The summed E-state index contributed by atoms with van der Waals surface area (Å²) < 4.78 is 18.3. The van der Waals surface area contributed by atoms with Crippen LogP contribution in [0.4, 0.5) is 15.8 Å². The number of nitro benzene ring substituents is 1. The molecule has 0 aliphatic rings. The van der Waals surface area contributed by atoms with Gasteiger partial charge in [0.05, 0.1) is 18.6 Å². The number of anilines is 1. The van der Waals surface area contributed by atoms with Crippen molar-refractivity contribution in [3.8, 4) is 5.75 Å². The maximum absolute atomic E-state index is 13.3. The molecule has 36 heavy (non-hydrogen) atoms. The van der Waals surface area contributed by atoms with E-state index in [9.17, 15) is 28.9 Å². The summed E-state index contributed by atoms with van der Waals surface area (Å²) in [6.07, 6.45) is 0. The number of halogens is 1. The Morgan fingerprint density at radius 1 is 1.00 bits per heavy atom. The topological polar surface area (TPSA) is 131 Å². The van der Waals surface area contributed by atoms with Crippen LogP contribution in [0.3, 0.4) is 0 Å². The van der Waals surface area contributed by atoms with E-state index in [1.807, 2.05) is 0 Å². The standard InChI is InChI=1S/C25H23FN4O6/c1-36-22-11-9-20(10-12-22)28-23(31)14-27-24(32)16-29(15-17-5-7-19(26)8-6-17)25(33)18-3-2-4-21(13-18)30(34)35/h2-13H,14-16H2,1H3,(H,27,32)(H,28,31). The first-order chi connectivity index (χ1) is 17.2. The van der Waals surface area contributed by atoms with Crippen LogP contribution in [0.15, 0.2) is 72.8 Å². The molecule has 10 nitrogen and oxygen atoms in total. The number of ether oxygens (including phenoxy) is 1. The van der Waals surface area contributed by atoms with Crippen LogP contribution in [-0.2, 0) is 16.1 Å². The van der Waals surface area contributed by atoms with Crippen LogP contribution in [0.5, 0.6) is 5.75 Å². The number of carbonyl (C=O) groups excluding carboxylic acids is 3. The molecular weight excluding hydrogens is 471 g/mol. The minimum Gasteiger partial charge on any atom is -0.497 e. The molecule has 0 aliphatic carbocycles. The molecule has 0 aliphatic heterocycles. The Morgan fingerprint density at radius 3 is 2.33 bits per heavy atom. The van der Waals surface area contributed by atoms with Crippen molar-refractivity contribution in [1.82, 2.24) is 10.2 Å². The first-order valence-corrected chi connectivity index (χ1v) is 10.7. The fourth-order valence-corrected chi connectivity index (χ4v) is 3.23. The molecule has 3 amide bonds. The van der Waals surface area contributed by atoms with Crippen molar-refractivity contribution in [2.45, 2.75) is 6.54 Å². The Bertz CT molecular complexity index is 1250. The van der Waals surface area contributed by atoms with Gasteiger partial charge in [-0.05, 0) is 48.0 Å². The van der Waals surface area contributed by atoms with E-state index in [4.69, 9.17) is 4.74 Å². The number of nitro groups is 1. The van der Waals surface area contributed by atoms with Crippen LogP contribution < -0.4 is 15.4 Å². The lowest BCUT2D eigenvalue weighted by atomic mass is 10.1. The Balaban J connectivity index is 1.67. The molecule has 11 heteroatoms. The summed E-state index contributed by atoms with van der Waals surface area (Å²) in [6, 6.07) is 17.1. The molecule has 0 fully saturated rings. The van der Waals surface area contributed by atoms with E-state index in [2.05, 4.69) is 10.6 Å². The van der Waals surface area contributed by atoms with Crippen LogP contribution in [0.25, 0.3) is 0 Å². The summed E-state index contributed by atoms with van der Waals surface area (Å²) in [5, 5.41) is 16.2. The van der Waals surface area contributed by atoms with Crippen LogP contribution in [0.1, 0.15) is 15.9 Å². The lowest BCUT2D eigenvalue weighted by Gasteiger charge is -2.22. The van der Waals surface area contributed by atoms with Gasteiger partial charge in [0.25, 0.3) is 11.6 Å². The number of rotatable bonds is 10. The number of hydrogen-bond donors (Lipinski definition) is 2. The quantitative estimate of drug-likeness (QED) is 0.329. The third-order valence-corrected chi connectivity index (χ3v) is 5.03. The highest BCUT2D eigenvalue weighted by atomic mass is 19.1. The first-order valence-electron chi connectivity index (χ1n) is 10.7. The van der Waals surface area contributed by atoms with Gasteiger partial charge in [0.15, 0.2) is 0 Å². The van der Waals surface area contributed by atoms with E-state index in [0.717, 1.165) is 11.0 Å². The predicted octanol–water partition coefficient (Wildman–Crippen LogP) is 3.14. The molecule has 3 rings (SSSR count). The summed E-state index contributed by atoms with van der Waals surface area (Å²) in [5.74, 6) is -1.59. The van der Waals surface area contributed by atoms with E-state index < -0.39 is 35.0 Å². The average molecular weight is 494 g/mol. The number of non-ortho nitro benzene ring substituents is 1. The van der Waals surface area contributed by atoms with E-state index in [1.54, 1.807) is 24.3 Å². The van der Waals surface area contributed by atoms with Crippen molar-refractivity contribution in [3.05, 3.63) is 99.9 Å². The molecule has 0 radical (unpaired) electrons. The summed E-state index contributed by atoms with van der Waals surface area (Å²) >= 11 is 0. The van der Waals surface area contributed by atoms with Gasteiger partial charge < -0.3 is 20.3 Å². The van der Waals surface area contributed by atoms with Crippen molar-refractivity contribution in [2.75, 3.05) is 25.5 Å². The van der Waals surface area contributed by atoms with Crippen molar-refractivity contribution >= 4 is 29.1 Å². The smallest absolute Gasteiger partial charge is 0.270 e. The number of amides is 3. The number of nitrogens with one attached hydrogen (secondary N) is 2. The van der Waals surface area contributed by atoms with E-state index in [1.165, 1.54) is 49.6 Å². The lowest BCUT2D eigenvalue weighted by Crippen LogP contribution is -2.42. The van der Waals surface area contributed by atoms with Gasteiger partial charge in [-0.3, -0.25) is 24.5 Å². The zero-order valence-corrected chi connectivity index (χ0v) is 19.3. The molecular formula is C25H23FN4O6. The van der Waals surface area contributed by atoms with Crippen molar-refractivity contribution < 1.29 is 28.4 Å². The molecule has 3 aromatic carbocycles. The summed E-state index contributed by atoms with van der Waals surface area (Å²) in [6.45, 7) is -0.845. The fraction of sp³-hybridized carbons (Fsp3) is 0.160. The van der Waals surface area contributed by atoms with Crippen molar-refractivity contribution in [3.63, 3.8) is 0 Å². The second kappa shape index (κ2) is 12.1. The molecule has 0 aromatic heterocycles. The lowest BCUT2D eigenvalue weighted by molar-refractivity contribution is -0.384. The molecule has 0 bridgehead atoms. The highest BCUT2D eigenvalue weighted by molar-refractivity contribution is 5.98. The minimum absolute atomic E-state index is 0.0105. The number of nitrogens with zero attached hydrogens (tertiary/aromatic N) is 2. The molecule has 0 saturated carbocycles. The molecule has 2 N–H and O–H groups in total. The zero-order valence-electron chi connectivity index (χ0n) is 19.3. The van der Waals surface area contributed by atoms with Gasteiger partial charge in [0, 0.05) is 29.9 Å². The van der Waals surface area contributed by atoms with E-state index >= 15 is 0 Å². The molecule has 3 aromatic rings. The van der Waals surface area contributed by atoms with Crippen LogP contribution in [0, 0.1) is 15.9 Å². The summed E-state index contributed by atoms with van der Waals surface area (Å²) in [7, 11) is 1.52. The maximum atomic E-state index is 13.3. The number of hydrogen-bond acceptors (Lipinski definition) is 6. The van der Waals surface area contributed by atoms with Gasteiger partial charge in [-0.25, -0.2) is 4.39 Å². The zero-order chi connectivity index (χ0) is 26.1. The third-order valence-electron chi connectivity index (χ3n) is 5.03. The molecule has 186 valence electrons. The Hall–Kier alpha value is -4.80. The number of methoxy groups -OCH3 is 1. The SMILES string of the molecule is COc1ccc(NC(=O)CNC(=O)CN(Cc2ccc(F)cc2)C(=O)c2cccc([N+](=O)[O-])c2)cc1. The first kappa shape index (κ1) is 25.8. The van der Waals surface area contributed by atoms with Gasteiger partial charge in [0.1, 0.15) is 18.1 Å². The molecule has 0 heterocycles. The normalized spacial score (nSPS) is 10.3. The maximum Gasteiger partial charge on any atom is 0.270 e. The third kappa shape index (κ3) is 7.35. The van der Waals surface area contributed by atoms with Crippen LogP contribution in [0.2, 0.25) is 0 Å². The van der Waals surface area contributed by atoms with Gasteiger partial charge in [0.2, 0.25) is 11.8 Å². The van der Waals surface area contributed by atoms with Gasteiger partial charge in [-0.2, -0.15) is 0 Å². The fourth-order valence-electron chi connectivity index (χ4n) is 3.23. The van der Waals surface area contributed by atoms with E-state index in [0.29, 0.717) is 17.0 Å². The van der Waals surface area contributed by atoms with E-state index in [-0.39, 0.29) is 24.3 Å². The van der Waals surface area contributed by atoms with Gasteiger partial charge in [-0.1, -0.05) is 18.2 Å². The number of carbonyl (C=O) groups is 3. The Morgan fingerprint density at radius 2 is 1.69 bits per heavy atom. The molecule has 0 saturated heterocycles. The largest absolute Gasteiger partial charge is 0.497 e. The Kier molecular flexibility index (Phi) is 8.65. The summed E-state index contributed by atoms with van der Waals surface area (Å²) in [4.78, 5) is 49.5. The highest BCUT2D eigenvalue weighted by Gasteiger charge is 2.21.